The van der Waals surface area contributed by atoms with Crippen LogP contribution in [-0.2, 0) is 67.0 Å². The molecule has 0 saturated carbocycles. The Kier molecular flexibility index (Phi) is 24.4. The lowest BCUT2D eigenvalue weighted by atomic mass is 9.83. The molecule has 2 aromatic carbocycles. The number of para-hydroxylation sites is 1. The zero-order valence-electron chi connectivity index (χ0n) is 43.8. The van der Waals surface area contributed by atoms with Crippen LogP contribution in [0.2, 0.25) is 0 Å². The molecule has 79 heavy (non-hydrogen) atoms. The number of rotatable bonds is 18. The van der Waals surface area contributed by atoms with Crippen molar-refractivity contribution >= 4 is 81.5 Å². The van der Waals surface area contributed by atoms with Crippen molar-refractivity contribution in [2.75, 3.05) is 13.1 Å². The van der Waals surface area contributed by atoms with Crippen molar-refractivity contribution in [3.05, 3.63) is 71.4 Å². The van der Waals surface area contributed by atoms with E-state index in [9.17, 15) is 61.1 Å². The Balaban J connectivity index is 1.84. The van der Waals surface area contributed by atoms with Crippen LogP contribution in [0.25, 0.3) is 10.9 Å². The molecule has 3 aromatic rings. The van der Waals surface area contributed by atoms with Crippen molar-refractivity contribution in [1.82, 2.24) is 31.6 Å². The van der Waals surface area contributed by atoms with Crippen LogP contribution in [0, 0.1) is 11.8 Å². The smallest absolute Gasteiger partial charge is 0.370 e. The third-order valence-corrected chi connectivity index (χ3v) is 13.2. The molecule has 0 aliphatic carbocycles. The Bertz CT molecular complexity index is 2740. The molecule has 1 saturated heterocycles. The van der Waals surface area contributed by atoms with Crippen LogP contribution in [0.1, 0.15) is 107 Å². The van der Waals surface area contributed by atoms with Crippen LogP contribution in [0.15, 0.2) is 64.7 Å². The van der Waals surface area contributed by atoms with E-state index in [0.29, 0.717) is 11.1 Å². The summed E-state index contributed by atoms with van der Waals surface area (Å²) >= 11 is 0. The number of aromatic nitrogens is 1. The number of nitrogens with zero attached hydrogens (tertiary/aromatic N) is 2. The number of nitrogens with two attached hydrogens (primary N) is 6. The number of amides is 7. The normalized spacial score (nSPS) is 21.1. The highest BCUT2D eigenvalue weighted by Gasteiger charge is 2.38. The summed E-state index contributed by atoms with van der Waals surface area (Å²) in [5.41, 5.74) is 32.9. The third kappa shape index (κ3) is 21.2. The average molecular weight is 1110 g/mol. The highest BCUT2D eigenvalue weighted by atomic mass is 19.4. The fourth-order valence-corrected chi connectivity index (χ4v) is 9.17. The van der Waals surface area contributed by atoms with Crippen LogP contribution in [0.3, 0.4) is 0 Å². The van der Waals surface area contributed by atoms with E-state index in [-0.39, 0.29) is 89.2 Å². The van der Waals surface area contributed by atoms with Gasteiger partial charge in [-0.25, -0.2) is 0 Å². The molecule has 430 valence electrons. The molecule has 24 nitrogen and oxygen atoms in total. The number of alkyl halides is 3. The Labute approximate surface area is 453 Å². The molecule has 4 rings (SSSR count). The van der Waals surface area contributed by atoms with Gasteiger partial charge in [-0.2, -0.15) is 13.2 Å². The van der Waals surface area contributed by atoms with Gasteiger partial charge in [0.2, 0.25) is 41.4 Å². The molecule has 27 heteroatoms. The highest BCUT2D eigenvalue weighted by molar-refractivity contribution is 5.99. The first-order valence-electron chi connectivity index (χ1n) is 25.8. The van der Waals surface area contributed by atoms with Gasteiger partial charge in [-0.05, 0) is 74.6 Å². The summed E-state index contributed by atoms with van der Waals surface area (Å²) in [5, 5.41) is 13.0. The van der Waals surface area contributed by atoms with Gasteiger partial charge in [0.25, 0.3) is 0 Å². The zero-order valence-corrected chi connectivity index (χ0v) is 43.8. The number of carbonyl (C=O) groups is 10. The Morgan fingerprint density at radius 1 is 0.709 bits per heavy atom. The third-order valence-electron chi connectivity index (χ3n) is 13.2. The predicted octanol–water partition coefficient (Wildman–Crippen LogP) is -0.0422. The number of aliphatic imine (C=N–C) groups is 2. The van der Waals surface area contributed by atoms with E-state index in [4.69, 9.17) is 34.4 Å². The highest BCUT2D eigenvalue weighted by Crippen LogP contribution is 2.33. The number of carbonyl (C=O) groups excluding carboxylic acids is 10. The molecule has 1 aromatic heterocycles. The summed E-state index contributed by atoms with van der Waals surface area (Å²) in [6.07, 6.45) is -6.97. The number of H-pyrrole nitrogens is 1. The number of halogens is 3. The summed E-state index contributed by atoms with van der Waals surface area (Å²) in [6, 6.07) is 3.27. The molecule has 0 spiro atoms. The van der Waals surface area contributed by atoms with Crippen molar-refractivity contribution in [2.45, 2.75) is 140 Å². The first-order valence-corrected chi connectivity index (χ1v) is 25.8. The van der Waals surface area contributed by atoms with Gasteiger partial charge in [0.15, 0.2) is 17.7 Å². The van der Waals surface area contributed by atoms with Crippen molar-refractivity contribution in [1.29, 1.82) is 0 Å². The number of ketones is 3. The molecule has 1 aliphatic rings. The Morgan fingerprint density at radius 3 is 2.01 bits per heavy atom. The molecule has 7 amide bonds. The molecule has 0 radical (unpaired) electrons. The lowest BCUT2D eigenvalue weighted by Crippen LogP contribution is -2.58. The van der Waals surface area contributed by atoms with Gasteiger partial charge >= 0.3 is 6.18 Å². The number of Topliss-reactive ketones (excluding diaryl/α,β-unsaturated/α-hetero) is 3. The minimum Gasteiger partial charge on any atom is -0.370 e. The quantitative estimate of drug-likeness (QED) is 0.0452. The number of aromatic amines is 1. The van der Waals surface area contributed by atoms with Gasteiger partial charge < -0.3 is 66.0 Å². The van der Waals surface area contributed by atoms with E-state index in [1.54, 1.807) is 30.5 Å². The standard InChI is InChI=1S/C52H71F3N14O10/c1-28(70)65-38(17-9-21-63-51(60)61)47(77)67-39-19-18-33(71)12-3-6-16-37(45(57)75)66-46(76)31(22-32-27-64-36-15-7-4-13-34(32)36)25-42(72)30(11-8-20-62-50(58)59)24-43(73)40(23-29-10-2-5-14-35(29)52(53,54)55)68-49(79)41(26-44(56)74)69-48(39)78/h2,4-5,7,10,13-15,27,30-31,37-41,64H,3,6,8-9,11-12,16-26H2,1H3,(H2,56,74)(H2,57,75)(H,65,70)(H,66,76)(H,67,77)(H,68,79)(H,69,78)(H4,58,59,62)(H4,60,61,63)/t30-,31-,37+,38+,39+,40-,41+/m1/s1. The number of nitrogens with one attached hydrogen (secondary N) is 6. The van der Waals surface area contributed by atoms with Gasteiger partial charge in [-0.1, -0.05) is 42.8 Å². The summed E-state index contributed by atoms with van der Waals surface area (Å²) in [7, 11) is 0. The van der Waals surface area contributed by atoms with Crippen LogP contribution < -0.4 is 61.0 Å². The van der Waals surface area contributed by atoms with Crippen LogP contribution in [0.5, 0.6) is 0 Å². The number of guanidine groups is 2. The summed E-state index contributed by atoms with van der Waals surface area (Å²) in [6.45, 7) is 1.15. The molecular weight excluding hydrogens is 1040 g/mol. The maximum absolute atomic E-state index is 14.8. The fourth-order valence-electron chi connectivity index (χ4n) is 9.17. The van der Waals surface area contributed by atoms with Gasteiger partial charge in [-0.3, -0.25) is 57.9 Å². The van der Waals surface area contributed by atoms with Crippen LogP contribution >= 0.6 is 0 Å². The van der Waals surface area contributed by atoms with E-state index in [1.165, 1.54) is 6.07 Å². The van der Waals surface area contributed by atoms with Crippen molar-refractivity contribution in [3.8, 4) is 0 Å². The molecule has 7 atom stereocenters. The zero-order chi connectivity index (χ0) is 58.4. The summed E-state index contributed by atoms with van der Waals surface area (Å²) < 4.78 is 43.5. The lowest BCUT2D eigenvalue weighted by Gasteiger charge is -2.27. The van der Waals surface area contributed by atoms with E-state index >= 15 is 0 Å². The van der Waals surface area contributed by atoms with E-state index in [0.717, 1.165) is 30.5 Å². The first-order chi connectivity index (χ1) is 37.3. The minimum atomic E-state index is -4.96. The number of benzene rings is 2. The topological polar surface area (TPSA) is 427 Å². The monoisotopic (exact) mass is 1110 g/mol. The maximum Gasteiger partial charge on any atom is 0.416 e. The van der Waals surface area contributed by atoms with Crippen molar-refractivity contribution < 1.29 is 61.1 Å². The summed E-state index contributed by atoms with van der Waals surface area (Å²) in [5.74, 6) is -11.9. The Morgan fingerprint density at radius 2 is 1.35 bits per heavy atom. The van der Waals surface area contributed by atoms with Gasteiger partial charge in [0.1, 0.15) is 35.7 Å². The predicted molar refractivity (Wildman–Crippen MR) is 284 cm³/mol. The first kappa shape index (κ1) is 63.1. The van der Waals surface area contributed by atoms with Crippen molar-refractivity contribution in [3.63, 3.8) is 0 Å². The second kappa shape index (κ2) is 30.5. The van der Waals surface area contributed by atoms with Gasteiger partial charge in [-0.15, -0.1) is 0 Å². The minimum absolute atomic E-state index is 0.0339. The second-order valence-corrected chi connectivity index (χ2v) is 19.4. The number of hydrogen-bond donors (Lipinski definition) is 12. The lowest BCUT2D eigenvalue weighted by molar-refractivity contribution is -0.139. The van der Waals surface area contributed by atoms with E-state index < -0.39 is 150 Å². The Hall–Kier alpha value is -8.39. The molecule has 0 unspecified atom stereocenters. The number of hydrogen-bond acceptors (Lipinski definition) is 12. The maximum atomic E-state index is 14.8. The SMILES string of the molecule is CC(=O)N[C@@H](CCCN=C(N)N)C(=O)N[C@H]1CCC(=O)CCCC[C@@H](C(N)=O)NC(=O)[C@H](Cc2c[nH]c3ccccc23)CC(=O)[C@H](CCCN=C(N)N)CC(=O)[C@@H](Cc2ccccc2C(F)(F)F)NC(=O)[C@H](CC(N)=O)NC1=O. The number of primary amides is 2. The van der Waals surface area contributed by atoms with Crippen LogP contribution in [0.4, 0.5) is 13.2 Å². The largest absolute Gasteiger partial charge is 0.416 e. The fraction of sp³-hybridized carbons (Fsp3) is 0.500. The van der Waals surface area contributed by atoms with Crippen molar-refractivity contribution in [2.24, 2.45) is 56.2 Å². The number of fused-ring (bicyclic) bond motifs is 1. The molecule has 1 fully saturated rings. The average Bonchev–Trinajstić information content (AvgIpc) is 3.80. The van der Waals surface area contributed by atoms with Gasteiger partial charge in [0, 0.05) is 81.1 Å². The van der Waals surface area contributed by atoms with Gasteiger partial charge in [0.05, 0.1) is 18.0 Å². The van der Waals surface area contributed by atoms with E-state index in [1.807, 2.05) is 0 Å². The molecule has 1 aliphatic heterocycles. The summed E-state index contributed by atoms with van der Waals surface area (Å²) in [4.78, 5) is 148. The molecule has 2 heterocycles. The molecule has 0 bridgehead atoms. The van der Waals surface area contributed by atoms with E-state index in [2.05, 4.69) is 41.6 Å². The molecular formula is C52H71F3N14O10. The second-order valence-electron chi connectivity index (χ2n) is 19.4. The molecule has 18 N–H and O–H groups in total. The van der Waals surface area contributed by atoms with Crippen LogP contribution in [-0.4, -0.2) is 119 Å².